The van der Waals surface area contributed by atoms with Crippen LogP contribution in [0.15, 0.2) is 54.7 Å². The molecular weight excluding hydrogens is 326 g/mol. The minimum Gasteiger partial charge on any atom is -0.455 e. The van der Waals surface area contributed by atoms with Gasteiger partial charge >= 0.3 is 5.97 Å². The molecule has 0 bridgehead atoms. The molecule has 0 aliphatic carbocycles. The molecule has 0 spiro atoms. The maximum atomic E-state index is 12.1. The van der Waals surface area contributed by atoms with Gasteiger partial charge in [0.15, 0.2) is 0 Å². The van der Waals surface area contributed by atoms with Gasteiger partial charge in [0, 0.05) is 0 Å². The molecular formula is C16H11N5O2S. The van der Waals surface area contributed by atoms with Crippen LogP contribution in [-0.2, 0) is 11.3 Å². The fourth-order valence-electron chi connectivity index (χ4n) is 2.18. The Balaban J connectivity index is 1.45. The lowest BCUT2D eigenvalue weighted by molar-refractivity contribution is 0.0467. The van der Waals surface area contributed by atoms with Crippen LogP contribution in [0.1, 0.15) is 16.1 Å². The number of fused-ring (bicyclic) bond motifs is 1. The van der Waals surface area contributed by atoms with Crippen molar-refractivity contribution in [2.75, 3.05) is 0 Å². The average molecular weight is 337 g/mol. The molecule has 2 heterocycles. The van der Waals surface area contributed by atoms with Gasteiger partial charge in [-0.1, -0.05) is 18.2 Å². The summed E-state index contributed by atoms with van der Waals surface area (Å²) in [6, 6.07) is 14.6. The molecule has 0 N–H and O–H groups in total. The van der Waals surface area contributed by atoms with Gasteiger partial charge < -0.3 is 4.74 Å². The molecule has 0 amide bonds. The molecule has 0 saturated carbocycles. The Bertz CT molecular complexity index is 996. The molecule has 2 aromatic heterocycles. The zero-order valence-corrected chi connectivity index (χ0v) is 13.2. The number of benzene rings is 2. The van der Waals surface area contributed by atoms with Gasteiger partial charge in [-0.15, -0.1) is 5.10 Å². The third-order valence-electron chi connectivity index (χ3n) is 3.37. The number of ether oxygens (including phenoxy) is 1. The highest BCUT2D eigenvalue weighted by Gasteiger charge is 2.11. The minimum atomic E-state index is -0.431. The Hall–Kier alpha value is -3.13. The Labute approximate surface area is 140 Å². The first kappa shape index (κ1) is 14.5. The Morgan fingerprint density at radius 1 is 1.08 bits per heavy atom. The Kier molecular flexibility index (Phi) is 3.72. The van der Waals surface area contributed by atoms with Crippen molar-refractivity contribution in [3.8, 4) is 5.69 Å². The van der Waals surface area contributed by atoms with E-state index in [0.29, 0.717) is 16.8 Å². The zero-order valence-electron chi connectivity index (χ0n) is 12.4. The molecule has 7 nitrogen and oxygen atoms in total. The summed E-state index contributed by atoms with van der Waals surface area (Å²) in [5, 5.41) is 8.46. The van der Waals surface area contributed by atoms with Gasteiger partial charge in [-0.05, 0) is 30.3 Å². The van der Waals surface area contributed by atoms with Crippen molar-refractivity contribution in [3.63, 3.8) is 0 Å². The lowest BCUT2D eigenvalue weighted by atomic mass is 10.2. The summed E-state index contributed by atoms with van der Waals surface area (Å²) < 4.78 is 13.5. The van der Waals surface area contributed by atoms with Crippen LogP contribution in [0.3, 0.4) is 0 Å². The molecule has 8 heteroatoms. The third kappa shape index (κ3) is 2.86. The number of nitrogens with zero attached hydrogens (tertiary/aromatic N) is 5. The van der Waals surface area contributed by atoms with E-state index in [9.17, 15) is 4.79 Å². The number of hydrogen-bond acceptors (Lipinski definition) is 7. The SMILES string of the molecule is O=C(OCc1cnn(-c2ccccc2)n1)c1ccc2nsnc2c1. The van der Waals surface area contributed by atoms with Crippen LogP contribution in [0.2, 0.25) is 0 Å². The molecule has 0 aliphatic rings. The van der Waals surface area contributed by atoms with Crippen molar-refractivity contribution in [1.82, 2.24) is 23.7 Å². The van der Waals surface area contributed by atoms with Crippen molar-refractivity contribution in [2.24, 2.45) is 0 Å². The summed E-state index contributed by atoms with van der Waals surface area (Å²) >= 11 is 1.11. The Morgan fingerprint density at radius 3 is 2.79 bits per heavy atom. The summed E-state index contributed by atoms with van der Waals surface area (Å²) in [5.74, 6) is -0.431. The lowest BCUT2D eigenvalue weighted by Crippen LogP contribution is -2.06. The summed E-state index contributed by atoms with van der Waals surface area (Å²) in [6.45, 7) is 0.0546. The van der Waals surface area contributed by atoms with Crippen LogP contribution in [-0.4, -0.2) is 29.7 Å². The normalized spacial score (nSPS) is 10.8. The number of carbonyl (C=O) groups is 1. The van der Waals surface area contributed by atoms with Crippen LogP contribution in [0.5, 0.6) is 0 Å². The van der Waals surface area contributed by atoms with Gasteiger partial charge in [0.2, 0.25) is 0 Å². The largest absolute Gasteiger partial charge is 0.455 e. The smallest absolute Gasteiger partial charge is 0.338 e. The van der Waals surface area contributed by atoms with E-state index in [1.165, 1.54) is 4.80 Å². The van der Waals surface area contributed by atoms with E-state index in [1.807, 2.05) is 30.3 Å². The van der Waals surface area contributed by atoms with Gasteiger partial charge in [-0.25, -0.2) is 4.79 Å². The second-order valence-electron chi connectivity index (χ2n) is 5.00. The van der Waals surface area contributed by atoms with E-state index in [-0.39, 0.29) is 6.61 Å². The van der Waals surface area contributed by atoms with Crippen molar-refractivity contribution in [1.29, 1.82) is 0 Å². The van der Waals surface area contributed by atoms with Crippen LogP contribution < -0.4 is 0 Å². The first-order valence-corrected chi connectivity index (χ1v) is 7.89. The predicted octanol–water partition coefficient (Wildman–Crippen LogP) is 2.63. The summed E-state index contributed by atoms with van der Waals surface area (Å²) in [6.07, 6.45) is 1.58. The summed E-state index contributed by atoms with van der Waals surface area (Å²) in [5.41, 5.74) is 3.30. The van der Waals surface area contributed by atoms with Gasteiger partial charge in [-0.3, -0.25) is 0 Å². The van der Waals surface area contributed by atoms with Crippen LogP contribution in [0, 0.1) is 0 Å². The van der Waals surface area contributed by atoms with Crippen molar-refractivity contribution in [2.45, 2.75) is 6.61 Å². The van der Waals surface area contributed by atoms with Gasteiger partial charge in [0.1, 0.15) is 23.3 Å². The first-order chi connectivity index (χ1) is 11.8. The van der Waals surface area contributed by atoms with E-state index < -0.39 is 5.97 Å². The van der Waals surface area contributed by atoms with Gasteiger partial charge in [-0.2, -0.15) is 18.6 Å². The standard InChI is InChI=1S/C16H11N5O2S/c22-16(11-6-7-14-15(8-11)20-24-19-14)23-10-12-9-17-21(18-12)13-4-2-1-3-5-13/h1-9H,10H2. The number of hydrogen-bond donors (Lipinski definition) is 0. The van der Waals surface area contributed by atoms with E-state index in [1.54, 1.807) is 24.4 Å². The minimum absolute atomic E-state index is 0.0546. The van der Waals surface area contributed by atoms with Gasteiger partial charge in [0.05, 0.1) is 29.2 Å². The molecule has 4 rings (SSSR count). The molecule has 0 unspecified atom stereocenters. The molecule has 4 aromatic rings. The highest BCUT2D eigenvalue weighted by molar-refractivity contribution is 7.00. The summed E-state index contributed by atoms with van der Waals surface area (Å²) in [7, 11) is 0. The van der Waals surface area contributed by atoms with Crippen molar-refractivity contribution < 1.29 is 9.53 Å². The maximum Gasteiger partial charge on any atom is 0.338 e. The average Bonchev–Trinajstić information content (AvgIpc) is 3.29. The molecule has 24 heavy (non-hydrogen) atoms. The quantitative estimate of drug-likeness (QED) is 0.532. The van der Waals surface area contributed by atoms with Crippen LogP contribution in [0.4, 0.5) is 0 Å². The van der Waals surface area contributed by atoms with Crippen LogP contribution in [0.25, 0.3) is 16.7 Å². The van der Waals surface area contributed by atoms with Crippen LogP contribution >= 0.6 is 11.7 Å². The second-order valence-corrected chi connectivity index (χ2v) is 5.53. The van der Waals surface area contributed by atoms with E-state index >= 15 is 0 Å². The number of carbonyl (C=O) groups excluding carboxylic acids is 1. The van der Waals surface area contributed by atoms with Crippen molar-refractivity contribution in [3.05, 3.63) is 66.0 Å². The fraction of sp³-hybridized carbons (Fsp3) is 0.0625. The molecule has 2 aromatic carbocycles. The monoisotopic (exact) mass is 337 g/mol. The van der Waals surface area contributed by atoms with Crippen molar-refractivity contribution >= 4 is 28.7 Å². The first-order valence-electron chi connectivity index (χ1n) is 7.16. The van der Waals surface area contributed by atoms with Gasteiger partial charge in [0.25, 0.3) is 0 Å². The predicted molar refractivity (Wildman–Crippen MR) is 87.9 cm³/mol. The number of para-hydroxylation sites is 1. The highest BCUT2D eigenvalue weighted by Crippen LogP contribution is 2.15. The maximum absolute atomic E-state index is 12.1. The number of rotatable bonds is 4. The molecule has 118 valence electrons. The lowest BCUT2D eigenvalue weighted by Gasteiger charge is -2.02. The molecule has 0 radical (unpaired) electrons. The number of esters is 1. The molecule has 0 atom stereocenters. The number of aromatic nitrogens is 5. The van der Waals surface area contributed by atoms with E-state index in [4.69, 9.17) is 4.74 Å². The molecule has 0 saturated heterocycles. The Morgan fingerprint density at radius 2 is 1.92 bits per heavy atom. The van der Waals surface area contributed by atoms with E-state index in [0.717, 1.165) is 22.9 Å². The second kappa shape index (κ2) is 6.17. The van der Waals surface area contributed by atoms with E-state index in [2.05, 4.69) is 18.9 Å². The fourth-order valence-corrected chi connectivity index (χ4v) is 2.70. The molecule has 0 fully saturated rings. The topological polar surface area (TPSA) is 82.8 Å². The molecule has 0 aliphatic heterocycles. The summed E-state index contributed by atoms with van der Waals surface area (Å²) in [4.78, 5) is 13.6. The highest BCUT2D eigenvalue weighted by atomic mass is 32.1. The third-order valence-corrected chi connectivity index (χ3v) is 3.92. The zero-order chi connectivity index (χ0) is 16.4.